The van der Waals surface area contributed by atoms with Crippen LogP contribution in [0.1, 0.15) is 11.3 Å². The zero-order valence-corrected chi connectivity index (χ0v) is 18.5. The SMILES string of the molecule is COc1ccc(Oc2c(C(F)(F)F)oc3cc(OC(=O)C=Cc4ccc(F)cc4)ccc3c2=O)cc1. The van der Waals surface area contributed by atoms with Gasteiger partial charge in [0.2, 0.25) is 11.2 Å². The molecule has 0 unspecified atom stereocenters. The quantitative estimate of drug-likeness (QED) is 0.133. The normalized spacial score (nSPS) is 11.6. The van der Waals surface area contributed by atoms with Gasteiger partial charge in [-0.05, 0) is 60.2 Å². The molecule has 0 aliphatic heterocycles. The average Bonchev–Trinajstić information content (AvgIpc) is 2.85. The molecule has 184 valence electrons. The highest BCUT2D eigenvalue weighted by Gasteiger charge is 2.40. The maximum absolute atomic E-state index is 13.7. The van der Waals surface area contributed by atoms with Crippen molar-refractivity contribution in [3.63, 3.8) is 0 Å². The summed E-state index contributed by atoms with van der Waals surface area (Å²) in [5.74, 6) is -3.72. The molecule has 0 fully saturated rings. The van der Waals surface area contributed by atoms with Crippen molar-refractivity contribution in [1.29, 1.82) is 0 Å². The van der Waals surface area contributed by atoms with Crippen LogP contribution < -0.4 is 19.6 Å². The summed E-state index contributed by atoms with van der Waals surface area (Å²) in [5, 5.41) is -0.215. The second kappa shape index (κ2) is 9.95. The number of esters is 1. The fraction of sp³-hybridized carbons (Fsp3) is 0.0769. The fourth-order valence-corrected chi connectivity index (χ4v) is 3.15. The van der Waals surface area contributed by atoms with E-state index >= 15 is 0 Å². The van der Waals surface area contributed by atoms with Crippen LogP contribution in [-0.4, -0.2) is 13.1 Å². The Balaban J connectivity index is 1.64. The Morgan fingerprint density at radius 2 is 1.56 bits per heavy atom. The van der Waals surface area contributed by atoms with Gasteiger partial charge in [0, 0.05) is 12.1 Å². The van der Waals surface area contributed by atoms with Crippen molar-refractivity contribution in [3.8, 4) is 23.0 Å². The van der Waals surface area contributed by atoms with Gasteiger partial charge in [-0.15, -0.1) is 0 Å². The molecule has 6 nitrogen and oxygen atoms in total. The number of fused-ring (bicyclic) bond motifs is 1. The first-order valence-corrected chi connectivity index (χ1v) is 10.3. The molecule has 0 N–H and O–H groups in total. The highest BCUT2D eigenvalue weighted by atomic mass is 19.4. The molecular formula is C26H16F4O6. The molecule has 3 aromatic carbocycles. The molecule has 4 rings (SSSR count). The molecule has 1 heterocycles. The van der Waals surface area contributed by atoms with Crippen molar-refractivity contribution in [2.24, 2.45) is 0 Å². The molecule has 4 aromatic rings. The van der Waals surface area contributed by atoms with Crippen LogP contribution in [0.5, 0.6) is 23.0 Å². The number of hydrogen-bond donors (Lipinski definition) is 0. The van der Waals surface area contributed by atoms with Gasteiger partial charge in [0.05, 0.1) is 12.5 Å². The van der Waals surface area contributed by atoms with Crippen LogP contribution in [0.4, 0.5) is 17.6 Å². The van der Waals surface area contributed by atoms with Gasteiger partial charge in [-0.3, -0.25) is 4.79 Å². The summed E-state index contributed by atoms with van der Waals surface area (Å²) in [6.07, 6.45) is -2.63. The number of carbonyl (C=O) groups excluding carboxylic acids is 1. The van der Waals surface area contributed by atoms with Crippen molar-refractivity contribution < 1.29 is 41.0 Å². The smallest absolute Gasteiger partial charge is 0.453 e. The van der Waals surface area contributed by atoms with E-state index in [1.54, 1.807) is 0 Å². The van der Waals surface area contributed by atoms with Gasteiger partial charge in [0.1, 0.15) is 28.6 Å². The lowest BCUT2D eigenvalue weighted by molar-refractivity contribution is -0.154. The predicted octanol–water partition coefficient (Wildman–Crippen LogP) is 6.37. The lowest BCUT2D eigenvalue weighted by Gasteiger charge is -2.13. The molecular weight excluding hydrogens is 484 g/mol. The van der Waals surface area contributed by atoms with Crippen molar-refractivity contribution in [2.45, 2.75) is 6.18 Å². The molecule has 10 heteroatoms. The Hall–Kier alpha value is -4.60. The van der Waals surface area contributed by atoms with E-state index in [4.69, 9.17) is 18.6 Å². The third-order valence-corrected chi connectivity index (χ3v) is 4.86. The van der Waals surface area contributed by atoms with Gasteiger partial charge < -0.3 is 18.6 Å². The second-order valence-electron chi connectivity index (χ2n) is 7.33. The van der Waals surface area contributed by atoms with E-state index in [2.05, 4.69) is 0 Å². The molecule has 0 radical (unpaired) electrons. The number of ether oxygens (including phenoxy) is 3. The molecule has 0 amide bonds. The number of alkyl halides is 3. The Kier molecular flexibility index (Phi) is 6.77. The number of carbonyl (C=O) groups is 1. The lowest BCUT2D eigenvalue weighted by Crippen LogP contribution is -2.15. The van der Waals surface area contributed by atoms with Crippen LogP contribution in [-0.2, 0) is 11.0 Å². The van der Waals surface area contributed by atoms with Crippen molar-refractivity contribution >= 4 is 23.0 Å². The van der Waals surface area contributed by atoms with Crippen LogP contribution in [0.3, 0.4) is 0 Å². The van der Waals surface area contributed by atoms with E-state index in [0.29, 0.717) is 11.3 Å². The topological polar surface area (TPSA) is 75.0 Å². The minimum atomic E-state index is -5.06. The summed E-state index contributed by atoms with van der Waals surface area (Å²) in [6.45, 7) is 0. The first-order valence-electron chi connectivity index (χ1n) is 10.3. The third-order valence-electron chi connectivity index (χ3n) is 4.86. The lowest BCUT2D eigenvalue weighted by atomic mass is 10.2. The molecule has 0 aliphatic rings. The molecule has 1 aromatic heterocycles. The Morgan fingerprint density at radius 1 is 0.917 bits per heavy atom. The van der Waals surface area contributed by atoms with Crippen LogP contribution in [0.2, 0.25) is 0 Å². The van der Waals surface area contributed by atoms with Crippen LogP contribution >= 0.6 is 0 Å². The van der Waals surface area contributed by atoms with E-state index in [9.17, 15) is 27.2 Å². The minimum absolute atomic E-state index is 0.0357. The van der Waals surface area contributed by atoms with Gasteiger partial charge in [-0.2, -0.15) is 13.2 Å². The molecule has 0 bridgehead atoms. The second-order valence-corrected chi connectivity index (χ2v) is 7.33. The van der Waals surface area contributed by atoms with Crippen molar-refractivity contribution in [1.82, 2.24) is 0 Å². The van der Waals surface area contributed by atoms with E-state index in [1.165, 1.54) is 67.8 Å². The van der Waals surface area contributed by atoms with E-state index in [1.807, 2.05) is 0 Å². The Morgan fingerprint density at radius 3 is 2.19 bits per heavy atom. The molecule has 0 saturated carbocycles. The van der Waals surface area contributed by atoms with E-state index in [0.717, 1.165) is 18.2 Å². The highest BCUT2D eigenvalue weighted by Crippen LogP contribution is 2.38. The van der Waals surface area contributed by atoms with Gasteiger partial charge in [-0.25, -0.2) is 9.18 Å². The van der Waals surface area contributed by atoms with Gasteiger partial charge in [0.15, 0.2) is 0 Å². The summed E-state index contributed by atoms with van der Waals surface area (Å²) in [5.41, 5.74) is -0.993. The molecule has 0 aliphatic carbocycles. The van der Waals surface area contributed by atoms with E-state index in [-0.39, 0.29) is 16.9 Å². The zero-order valence-electron chi connectivity index (χ0n) is 18.5. The maximum Gasteiger partial charge on any atom is 0.453 e. The number of benzene rings is 3. The Labute approximate surface area is 200 Å². The van der Waals surface area contributed by atoms with Crippen LogP contribution in [0, 0.1) is 5.82 Å². The van der Waals surface area contributed by atoms with Crippen LogP contribution in [0.15, 0.2) is 82.0 Å². The van der Waals surface area contributed by atoms with Gasteiger partial charge in [-0.1, -0.05) is 12.1 Å². The number of methoxy groups -OCH3 is 1. The average molecular weight is 500 g/mol. The van der Waals surface area contributed by atoms with Crippen molar-refractivity contribution in [2.75, 3.05) is 7.11 Å². The first kappa shape index (κ1) is 24.5. The van der Waals surface area contributed by atoms with E-state index < -0.39 is 40.5 Å². The molecule has 0 atom stereocenters. The van der Waals surface area contributed by atoms with Gasteiger partial charge in [0.25, 0.3) is 5.76 Å². The summed E-state index contributed by atoms with van der Waals surface area (Å²) < 4.78 is 74.5. The maximum atomic E-state index is 13.7. The summed E-state index contributed by atoms with van der Waals surface area (Å²) in [7, 11) is 1.42. The summed E-state index contributed by atoms with van der Waals surface area (Å²) in [4.78, 5) is 25.0. The standard InChI is InChI=1S/C26H16F4O6/c1-33-17-7-9-18(10-8-17)35-24-23(32)20-12-11-19(14-21(20)36-25(24)26(28,29)30)34-22(31)13-4-15-2-5-16(27)6-3-15/h2-14H,1H3. The molecule has 0 spiro atoms. The largest absolute Gasteiger partial charge is 0.497 e. The van der Waals surface area contributed by atoms with Crippen molar-refractivity contribution in [3.05, 3.63) is 100 Å². The minimum Gasteiger partial charge on any atom is -0.497 e. The number of halogens is 4. The monoisotopic (exact) mass is 500 g/mol. The number of rotatable bonds is 6. The first-order chi connectivity index (χ1) is 17.1. The highest BCUT2D eigenvalue weighted by molar-refractivity contribution is 5.89. The molecule has 0 saturated heterocycles. The fourth-order valence-electron chi connectivity index (χ4n) is 3.15. The van der Waals surface area contributed by atoms with Gasteiger partial charge >= 0.3 is 12.1 Å². The third kappa shape index (κ3) is 5.54. The summed E-state index contributed by atoms with van der Waals surface area (Å²) in [6, 6.07) is 14.3. The zero-order chi connectivity index (χ0) is 25.9. The Bertz CT molecular complexity index is 1490. The number of hydrogen-bond acceptors (Lipinski definition) is 6. The summed E-state index contributed by atoms with van der Waals surface area (Å²) >= 11 is 0. The molecule has 36 heavy (non-hydrogen) atoms. The predicted molar refractivity (Wildman–Crippen MR) is 122 cm³/mol. The van der Waals surface area contributed by atoms with Crippen LogP contribution in [0.25, 0.3) is 17.0 Å².